The Morgan fingerprint density at radius 2 is 1.52 bits per heavy atom. The fourth-order valence-electron chi connectivity index (χ4n) is 2.92. The first-order valence-corrected chi connectivity index (χ1v) is 9.42. The highest BCUT2D eigenvalue weighted by atomic mass is 16.5. The number of benzene rings is 2. The second kappa shape index (κ2) is 9.03. The molecule has 1 aliphatic rings. The molecular weight excluding hydrogens is 336 g/mol. The van der Waals surface area contributed by atoms with Crippen LogP contribution in [0, 0.1) is 5.92 Å². The summed E-state index contributed by atoms with van der Waals surface area (Å²) in [6.07, 6.45) is 4.09. The molecule has 2 aromatic rings. The molecule has 0 fully saturated rings. The molecule has 3 heteroatoms. The largest absolute Gasteiger partial charge is 0.508 e. The molecule has 3 nitrogen and oxygen atoms in total. The highest BCUT2D eigenvalue weighted by molar-refractivity contribution is 5.75. The zero-order valence-electron chi connectivity index (χ0n) is 16.6. The van der Waals surface area contributed by atoms with Crippen LogP contribution < -0.4 is 0 Å². The van der Waals surface area contributed by atoms with Crippen LogP contribution in [0.4, 0.5) is 0 Å². The van der Waals surface area contributed by atoms with Gasteiger partial charge in [0.2, 0.25) is 0 Å². The molecule has 0 amide bonds. The van der Waals surface area contributed by atoms with Crippen molar-refractivity contribution in [1.29, 1.82) is 0 Å². The van der Waals surface area contributed by atoms with Crippen LogP contribution in [-0.4, -0.2) is 21.1 Å². The summed E-state index contributed by atoms with van der Waals surface area (Å²) in [5.74, 6) is -0.642. The van der Waals surface area contributed by atoms with E-state index in [1.165, 1.54) is 5.56 Å². The molecule has 144 valence electrons. The summed E-state index contributed by atoms with van der Waals surface area (Å²) in [6.45, 7) is 8.51. The molecule has 0 bridgehead atoms. The number of aromatic hydroxyl groups is 1. The lowest BCUT2D eigenvalue weighted by Crippen LogP contribution is -2.31. The zero-order valence-corrected chi connectivity index (χ0v) is 16.6. The van der Waals surface area contributed by atoms with Gasteiger partial charge in [0.1, 0.15) is 5.75 Å². The van der Waals surface area contributed by atoms with Crippen molar-refractivity contribution in [1.82, 2.24) is 0 Å². The average molecular weight is 367 g/mol. The summed E-state index contributed by atoms with van der Waals surface area (Å²) < 4.78 is 0. The molecule has 1 aliphatic carbocycles. The van der Waals surface area contributed by atoms with Crippen molar-refractivity contribution in [3.63, 3.8) is 0 Å². The third kappa shape index (κ3) is 5.81. The van der Waals surface area contributed by atoms with Gasteiger partial charge in [-0.05, 0) is 46.7 Å². The van der Waals surface area contributed by atoms with Crippen molar-refractivity contribution < 1.29 is 15.3 Å². The number of para-hydroxylation sites is 1. The Kier molecular flexibility index (Phi) is 7.00. The van der Waals surface area contributed by atoms with Gasteiger partial charge in [-0.3, -0.25) is 0 Å². The van der Waals surface area contributed by atoms with Crippen LogP contribution in [0.15, 0.2) is 72.3 Å². The Labute approximate surface area is 162 Å². The van der Waals surface area contributed by atoms with Crippen molar-refractivity contribution in [3.05, 3.63) is 83.4 Å². The molecule has 2 aromatic carbocycles. The number of rotatable bonds is 3. The first-order chi connectivity index (χ1) is 12.7. The van der Waals surface area contributed by atoms with Gasteiger partial charge >= 0.3 is 0 Å². The van der Waals surface area contributed by atoms with Crippen LogP contribution in [0.25, 0.3) is 5.57 Å². The number of aliphatic hydroxyl groups is 2. The standard InChI is InChI=1S/C18H24O2.C6H6O/c1-12(2)14-6-5-7-16(10-14)17-11-15(13(3)4)8-9-18(17,19)20;7-6-4-2-1-3-5-6/h5-8,10-13,19-20H,9H2,1-4H3;1-5,7H. The zero-order chi connectivity index (χ0) is 20.0. The summed E-state index contributed by atoms with van der Waals surface area (Å²) >= 11 is 0. The van der Waals surface area contributed by atoms with Crippen LogP contribution in [0.2, 0.25) is 0 Å². The van der Waals surface area contributed by atoms with E-state index in [9.17, 15) is 10.2 Å². The molecule has 0 saturated heterocycles. The van der Waals surface area contributed by atoms with E-state index in [4.69, 9.17) is 5.11 Å². The Hall–Kier alpha value is -2.36. The monoisotopic (exact) mass is 366 g/mol. The molecule has 0 radical (unpaired) electrons. The predicted octanol–water partition coefficient (Wildman–Crippen LogP) is 5.25. The topological polar surface area (TPSA) is 60.7 Å². The Bertz CT molecular complexity index is 799. The summed E-state index contributed by atoms with van der Waals surface area (Å²) in [5.41, 5.74) is 3.87. The van der Waals surface area contributed by atoms with Crippen molar-refractivity contribution in [2.75, 3.05) is 0 Å². The van der Waals surface area contributed by atoms with E-state index in [0.29, 0.717) is 23.2 Å². The van der Waals surface area contributed by atoms with Crippen LogP contribution in [-0.2, 0) is 0 Å². The van der Waals surface area contributed by atoms with Gasteiger partial charge in [-0.1, -0.05) is 76.2 Å². The minimum absolute atomic E-state index is 0.248. The second-order valence-corrected chi connectivity index (χ2v) is 7.55. The quantitative estimate of drug-likeness (QED) is 0.650. The minimum Gasteiger partial charge on any atom is -0.508 e. The summed E-state index contributed by atoms with van der Waals surface area (Å²) in [4.78, 5) is 0. The normalized spacial score (nSPS) is 15.7. The molecule has 0 saturated carbocycles. The van der Waals surface area contributed by atoms with E-state index in [2.05, 4.69) is 39.8 Å². The summed E-state index contributed by atoms with van der Waals surface area (Å²) in [5, 5.41) is 29.2. The van der Waals surface area contributed by atoms with Crippen LogP contribution >= 0.6 is 0 Å². The highest BCUT2D eigenvalue weighted by Crippen LogP contribution is 2.36. The fraction of sp³-hybridized carbons (Fsp3) is 0.333. The predicted molar refractivity (Wildman–Crippen MR) is 111 cm³/mol. The Balaban J connectivity index is 0.000000313. The fourth-order valence-corrected chi connectivity index (χ4v) is 2.92. The van der Waals surface area contributed by atoms with Gasteiger partial charge in [0.05, 0.1) is 0 Å². The van der Waals surface area contributed by atoms with Gasteiger partial charge in [0.25, 0.3) is 0 Å². The SMILES string of the molecule is CC(C)C1=CCC(O)(O)C(c2cccc(C(C)C)c2)=C1.Oc1ccccc1. The van der Waals surface area contributed by atoms with Gasteiger partial charge in [-0.25, -0.2) is 0 Å². The third-order valence-electron chi connectivity index (χ3n) is 4.65. The lowest BCUT2D eigenvalue weighted by molar-refractivity contribution is -0.105. The molecular formula is C24H30O3. The van der Waals surface area contributed by atoms with E-state index in [0.717, 1.165) is 11.1 Å². The number of hydrogen-bond acceptors (Lipinski definition) is 3. The van der Waals surface area contributed by atoms with Gasteiger partial charge in [-0.2, -0.15) is 0 Å². The van der Waals surface area contributed by atoms with E-state index in [1.807, 2.05) is 30.4 Å². The van der Waals surface area contributed by atoms with Crippen molar-refractivity contribution >= 4 is 5.57 Å². The van der Waals surface area contributed by atoms with E-state index < -0.39 is 5.79 Å². The van der Waals surface area contributed by atoms with E-state index in [1.54, 1.807) is 24.3 Å². The molecule has 27 heavy (non-hydrogen) atoms. The maximum Gasteiger partial charge on any atom is 0.193 e. The van der Waals surface area contributed by atoms with Gasteiger partial charge in [0.15, 0.2) is 5.79 Å². The van der Waals surface area contributed by atoms with Gasteiger partial charge in [-0.15, -0.1) is 0 Å². The molecule has 0 aromatic heterocycles. The van der Waals surface area contributed by atoms with Gasteiger partial charge in [0, 0.05) is 12.0 Å². The number of hydrogen-bond donors (Lipinski definition) is 3. The lowest BCUT2D eigenvalue weighted by atomic mass is 9.84. The Morgan fingerprint density at radius 1 is 0.852 bits per heavy atom. The third-order valence-corrected chi connectivity index (χ3v) is 4.65. The van der Waals surface area contributed by atoms with Crippen LogP contribution in [0.5, 0.6) is 5.75 Å². The first kappa shape index (κ1) is 20.9. The molecule has 3 rings (SSSR count). The van der Waals surface area contributed by atoms with Gasteiger partial charge < -0.3 is 15.3 Å². The molecule has 0 spiro atoms. The molecule has 0 heterocycles. The first-order valence-electron chi connectivity index (χ1n) is 9.42. The lowest BCUT2D eigenvalue weighted by Gasteiger charge is -2.29. The average Bonchev–Trinajstić information content (AvgIpc) is 2.62. The van der Waals surface area contributed by atoms with Crippen LogP contribution in [0.1, 0.15) is 51.2 Å². The van der Waals surface area contributed by atoms with Crippen molar-refractivity contribution in [2.24, 2.45) is 5.92 Å². The summed E-state index contributed by atoms with van der Waals surface area (Å²) in [6, 6.07) is 16.8. The maximum atomic E-state index is 10.3. The highest BCUT2D eigenvalue weighted by Gasteiger charge is 2.32. The van der Waals surface area contributed by atoms with Crippen LogP contribution in [0.3, 0.4) is 0 Å². The second-order valence-electron chi connectivity index (χ2n) is 7.55. The van der Waals surface area contributed by atoms with E-state index in [-0.39, 0.29) is 6.42 Å². The maximum absolute atomic E-state index is 10.3. The number of phenolic OH excluding ortho intramolecular Hbond substituents is 1. The molecule has 0 aliphatic heterocycles. The minimum atomic E-state index is -1.77. The molecule has 0 atom stereocenters. The smallest absolute Gasteiger partial charge is 0.193 e. The number of allylic oxidation sites excluding steroid dienone is 2. The van der Waals surface area contributed by atoms with Crippen molar-refractivity contribution in [2.45, 2.75) is 45.8 Å². The van der Waals surface area contributed by atoms with Crippen molar-refractivity contribution in [3.8, 4) is 5.75 Å². The van der Waals surface area contributed by atoms with E-state index >= 15 is 0 Å². The Morgan fingerprint density at radius 3 is 2.04 bits per heavy atom. The number of phenols is 1. The molecule has 0 unspecified atom stereocenters. The molecule has 3 N–H and O–H groups in total. The summed E-state index contributed by atoms with van der Waals surface area (Å²) in [7, 11) is 0.